The number of likely N-dealkylation sites (tertiary alicyclic amines) is 1. The van der Waals surface area contributed by atoms with E-state index in [0.717, 1.165) is 17.7 Å². The van der Waals surface area contributed by atoms with E-state index in [1.165, 1.54) is 24.3 Å². The number of benzene rings is 1. The van der Waals surface area contributed by atoms with Gasteiger partial charge in [-0.3, -0.25) is 14.5 Å². The molecule has 5 nitrogen and oxygen atoms in total. The van der Waals surface area contributed by atoms with Crippen LogP contribution in [-0.2, 0) is 16.1 Å². The maximum absolute atomic E-state index is 12.9. The van der Waals surface area contributed by atoms with Crippen LogP contribution in [0.25, 0.3) is 0 Å². The number of rotatable bonds is 6. The summed E-state index contributed by atoms with van der Waals surface area (Å²) in [6.07, 6.45) is 1.50. The number of halogens is 1. The molecule has 2 heterocycles. The Morgan fingerprint density at radius 2 is 1.88 bits per heavy atom. The lowest BCUT2D eigenvalue weighted by atomic mass is 9.96. The third-order valence-corrected chi connectivity index (χ3v) is 5.35. The highest BCUT2D eigenvalue weighted by Crippen LogP contribution is 2.18. The van der Waals surface area contributed by atoms with Crippen LogP contribution in [-0.4, -0.2) is 36.3 Å². The van der Waals surface area contributed by atoms with Crippen molar-refractivity contribution < 1.29 is 14.0 Å². The Labute approximate surface area is 156 Å². The Balaban J connectivity index is 1.38. The minimum absolute atomic E-state index is 0.00590. The van der Waals surface area contributed by atoms with Crippen LogP contribution >= 0.6 is 11.3 Å². The Morgan fingerprint density at radius 1 is 1.15 bits per heavy atom. The van der Waals surface area contributed by atoms with Crippen LogP contribution < -0.4 is 10.6 Å². The second-order valence-corrected chi connectivity index (χ2v) is 7.43. The Morgan fingerprint density at radius 3 is 2.54 bits per heavy atom. The van der Waals surface area contributed by atoms with E-state index >= 15 is 0 Å². The highest BCUT2D eigenvalue weighted by Gasteiger charge is 2.25. The molecule has 26 heavy (non-hydrogen) atoms. The summed E-state index contributed by atoms with van der Waals surface area (Å²) >= 11 is 1.63. The minimum atomic E-state index is -0.331. The van der Waals surface area contributed by atoms with Crippen LogP contribution in [0.5, 0.6) is 0 Å². The molecule has 0 spiro atoms. The van der Waals surface area contributed by atoms with Crippen molar-refractivity contribution in [1.82, 2.24) is 10.2 Å². The molecular weight excluding hydrogens is 353 g/mol. The maximum Gasteiger partial charge on any atom is 0.238 e. The van der Waals surface area contributed by atoms with Crippen molar-refractivity contribution in [1.29, 1.82) is 0 Å². The van der Waals surface area contributed by atoms with Crippen molar-refractivity contribution in [2.45, 2.75) is 19.4 Å². The van der Waals surface area contributed by atoms with E-state index in [4.69, 9.17) is 0 Å². The summed E-state index contributed by atoms with van der Waals surface area (Å²) in [5.74, 6) is -0.361. The van der Waals surface area contributed by atoms with Crippen LogP contribution in [0, 0.1) is 11.7 Å². The van der Waals surface area contributed by atoms with Crippen molar-refractivity contribution >= 4 is 28.8 Å². The molecule has 0 bridgehead atoms. The van der Waals surface area contributed by atoms with Crippen LogP contribution in [0.3, 0.4) is 0 Å². The Kier molecular flexibility index (Phi) is 6.35. The second-order valence-electron chi connectivity index (χ2n) is 6.40. The van der Waals surface area contributed by atoms with Gasteiger partial charge in [0.15, 0.2) is 0 Å². The fourth-order valence-corrected chi connectivity index (χ4v) is 3.67. The van der Waals surface area contributed by atoms with Gasteiger partial charge in [-0.15, -0.1) is 11.3 Å². The van der Waals surface area contributed by atoms with Gasteiger partial charge in [-0.25, -0.2) is 4.39 Å². The predicted octanol–water partition coefficient (Wildman–Crippen LogP) is 2.85. The molecule has 0 saturated carbocycles. The van der Waals surface area contributed by atoms with Gasteiger partial charge < -0.3 is 10.6 Å². The lowest BCUT2D eigenvalue weighted by Gasteiger charge is -2.30. The van der Waals surface area contributed by atoms with Crippen molar-refractivity contribution in [3.63, 3.8) is 0 Å². The van der Waals surface area contributed by atoms with Crippen molar-refractivity contribution in [2.75, 3.05) is 25.0 Å². The molecule has 1 saturated heterocycles. The van der Waals surface area contributed by atoms with Crippen molar-refractivity contribution in [3.8, 4) is 0 Å². The molecule has 3 rings (SSSR count). The summed E-state index contributed by atoms with van der Waals surface area (Å²) in [6, 6.07) is 9.69. The molecule has 7 heteroatoms. The molecule has 0 aliphatic carbocycles. The highest BCUT2D eigenvalue weighted by atomic mass is 32.1. The molecule has 1 aliphatic heterocycles. The van der Waals surface area contributed by atoms with Gasteiger partial charge in [0.1, 0.15) is 5.82 Å². The highest BCUT2D eigenvalue weighted by molar-refractivity contribution is 7.09. The van der Waals surface area contributed by atoms with E-state index in [1.807, 2.05) is 22.4 Å². The standard InChI is InChI=1S/C19H22FN3O2S/c20-15-3-5-16(6-4-15)22-18(24)13-23-9-7-14(8-10-23)19(25)21-12-17-2-1-11-26-17/h1-6,11,14H,7-10,12-13H2,(H,21,25)(H,22,24). The lowest BCUT2D eigenvalue weighted by molar-refractivity contribution is -0.126. The first-order chi connectivity index (χ1) is 12.6. The SMILES string of the molecule is O=C(CN1CCC(C(=O)NCc2cccs2)CC1)Nc1ccc(F)cc1. The molecular formula is C19H22FN3O2S. The summed E-state index contributed by atoms with van der Waals surface area (Å²) in [6.45, 7) is 2.29. The van der Waals surface area contributed by atoms with Gasteiger partial charge in [0.25, 0.3) is 0 Å². The first kappa shape index (κ1) is 18.5. The van der Waals surface area contributed by atoms with Gasteiger partial charge in [0, 0.05) is 16.5 Å². The summed E-state index contributed by atoms with van der Waals surface area (Å²) in [4.78, 5) is 27.5. The number of amides is 2. The second kappa shape index (κ2) is 8.91. The number of hydrogen-bond acceptors (Lipinski definition) is 4. The van der Waals surface area contributed by atoms with E-state index in [9.17, 15) is 14.0 Å². The van der Waals surface area contributed by atoms with Crippen molar-refractivity contribution in [3.05, 3.63) is 52.5 Å². The topological polar surface area (TPSA) is 61.4 Å². The van der Waals surface area contributed by atoms with Gasteiger partial charge in [-0.1, -0.05) is 6.07 Å². The average Bonchev–Trinajstić information content (AvgIpc) is 3.16. The maximum atomic E-state index is 12.9. The zero-order chi connectivity index (χ0) is 18.4. The first-order valence-electron chi connectivity index (χ1n) is 8.68. The molecule has 2 amide bonds. The third-order valence-electron chi connectivity index (χ3n) is 4.47. The molecule has 0 atom stereocenters. The van der Waals surface area contributed by atoms with Crippen LogP contribution in [0.15, 0.2) is 41.8 Å². The van der Waals surface area contributed by atoms with Crippen molar-refractivity contribution in [2.24, 2.45) is 5.92 Å². The molecule has 1 aromatic heterocycles. The number of piperidine rings is 1. The molecule has 0 radical (unpaired) electrons. The van der Waals surface area contributed by atoms with Gasteiger partial charge in [0.2, 0.25) is 11.8 Å². The smallest absolute Gasteiger partial charge is 0.238 e. The van der Waals surface area contributed by atoms with Crippen LogP contribution in [0.1, 0.15) is 17.7 Å². The summed E-state index contributed by atoms with van der Waals surface area (Å²) in [7, 11) is 0. The van der Waals surface area contributed by atoms with Gasteiger partial charge in [-0.2, -0.15) is 0 Å². The molecule has 1 fully saturated rings. The quantitative estimate of drug-likeness (QED) is 0.816. The minimum Gasteiger partial charge on any atom is -0.351 e. The fourth-order valence-electron chi connectivity index (χ4n) is 3.02. The zero-order valence-corrected chi connectivity index (χ0v) is 15.2. The summed E-state index contributed by atoms with van der Waals surface area (Å²) < 4.78 is 12.9. The van der Waals surface area contributed by atoms with E-state index in [0.29, 0.717) is 25.3 Å². The number of thiophene rings is 1. The van der Waals surface area contributed by atoms with Crippen LogP contribution in [0.2, 0.25) is 0 Å². The fraction of sp³-hybridized carbons (Fsp3) is 0.368. The molecule has 1 aromatic carbocycles. The molecule has 1 aliphatic rings. The summed E-state index contributed by atoms with van der Waals surface area (Å²) in [5.41, 5.74) is 0.583. The molecule has 2 aromatic rings. The number of carbonyl (C=O) groups is 2. The lowest BCUT2D eigenvalue weighted by Crippen LogP contribution is -2.43. The van der Waals surface area contributed by atoms with E-state index < -0.39 is 0 Å². The number of nitrogens with one attached hydrogen (secondary N) is 2. The molecule has 0 unspecified atom stereocenters. The van der Waals surface area contributed by atoms with Crippen LogP contribution in [0.4, 0.5) is 10.1 Å². The van der Waals surface area contributed by atoms with Gasteiger partial charge >= 0.3 is 0 Å². The number of hydrogen-bond donors (Lipinski definition) is 2. The predicted molar refractivity (Wildman–Crippen MR) is 100 cm³/mol. The Bertz CT molecular complexity index is 726. The van der Waals surface area contributed by atoms with E-state index in [2.05, 4.69) is 10.6 Å². The van der Waals surface area contributed by atoms with Gasteiger partial charge in [-0.05, 0) is 61.6 Å². The number of nitrogens with zero attached hydrogens (tertiary/aromatic N) is 1. The Hall–Kier alpha value is -2.25. The monoisotopic (exact) mass is 375 g/mol. The number of anilines is 1. The summed E-state index contributed by atoms with van der Waals surface area (Å²) in [5, 5.41) is 7.75. The largest absolute Gasteiger partial charge is 0.351 e. The first-order valence-corrected chi connectivity index (χ1v) is 9.56. The van der Waals surface area contributed by atoms with E-state index in [-0.39, 0.29) is 30.1 Å². The molecule has 2 N–H and O–H groups in total. The van der Waals surface area contributed by atoms with E-state index in [1.54, 1.807) is 11.3 Å². The van der Waals surface area contributed by atoms with Gasteiger partial charge in [0.05, 0.1) is 13.1 Å². The third kappa shape index (κ3) is 5.37. The zero-order valence-electron chi connectivity index (χ0n) is 14.4. The molecule has 138 valence electrons. The number of carbonyl (C=O) groups excluding carboxylic acids is 2. The average molecular weight is 375 g/mol. The normalized spacial score (nSPS) is 15.6.